The third-order valence-electron chi connectivity index (χ3n) is 27.9. The molecule has 24 rings (SSSR count). The minimum Gasteiger partial charge on any atom is -1.00 e. The van der Waals surface area contributed by atoms with E-state index >= 15 is 0 Å². The molecule has 9 aromatic heterocycles. The molecule has 0 saturated heterocycles. The summed E-state index contributed by atoms with van der Waals surface area (Å²) < 4.78 is 37.8. The molecule has 720 valence electrons. The fourth-order valence-electron chi connectivity index (χ4n) is 20.9. The fraction of sp³-hybridized carbons (Fsp3) is 0.156. The van der Waals surface area contributed by atoms with Gasteiger partial charge in [0.05, 0.1) is 45.8 Å². The van der Waals surface area contributed by atoms with Gasteiger partial charge in [-0.15, -0.1) is 29.8 Å². The second kappa shape index (κ2) is 38.9. The zero-order chi connectivity index (χ0) is 98.6. The molecule has 0 spiro atoms. The van der Waals surface area contributed by atoms with Gasteiger partial charge >= 0.3 is 0 Å². The molecule has 0 fully saturated rings. The molecule has 15 aromatic carbocycles. The molecule has 0 radical (unpaired) electrons. The number of pyridine rings is 3. The van der Waals surface area contributed by atoms with E-state index in [0.717, 1.165) is 146 Å². The number of rotatable bonds is 15. The standard InChI is InChI=1S/C43H39N4O.C43H37N4O.C42H36N4O.HI.Pt/c2*1-28-13-11-14-29(2)41(28)35-25-33(48-32-16-12-15-31(24-32)46-27-45(6)37-19-9-10-20-38(37)46)26-39-42(35)34-17-7-8-18-36(34)47(39)40-23-30(21-22-44-40)43(3,4)5;1-27-12-10-13-28(2)40(27)34-24-32(47-31-15-11-14-30(23-31)45-26-44-35-17-7-9-19-37(35)45)25-38-41(34)33-16-6-8-18-36(33)46(38)39-22-29(20-21-43-39)42(3,4)5;;/h7-27H,1-6H3;7-23,25,27H,1-6H3;6-26H,1-5H3;1H;/q+1;-1;;;/p-1. The molecule has 0 bridgehead atoms. The van der Waals surface area contributed by atoms with Crippen molar-refractivity contribution < 1.29 is 63.8 Å². The summed E-state index contributed by atoms with van der Waals surface area (Å²) >= 11 is 0. The maximum absolute atomic E-state index is 6.82. The zero-order valence-electron chi connectivity index (χ0n) is 84.5. The molecule has 0 aliphatic carbocycles. The number of fused-ring (bicyclic) bond motifs is 12. The number of benzene rings is 15. The van der Waals surface area contributed by atoms with E-state index in [1.54, 1.807) is 0 Å². The average Bonchev–Trinajstić information content (AvgIpc) is 1.58. The van der Waals surface area contributed by atoms with E-state index in [4.69, 9.17) is 29.2 Å². The summed E-state index contributed by atoms with van der Waals surface area (Å²) in [6.07, 6.45) is 11.8. The van der Waals surface area contributed by atoms with Crippen molar-refractivity contribution in [1.82, 2.24) is 51.9 Å². The Morgan fingerprint density at radius 1 is 0.324 bits per heavy atom. The minimum absolute atomic E-state index is 0. The number of para-hydroxylation sites is 9. The molecule has 0 unspecified atom stereocenters. The van der Waals surface area contributed by atoms with Crippen molar-refractivity contribution in [1.29, 1.82) is 0 Å². The Labute approximate surface area is 877 Å². The first-order chi connectivity index (χ1) is 69.1. The molecular weight excluding hydrogens is 2080 g/mol. The number of hydrogen-bond acceptors (Lipinski definition) is 7. The van der Waals surface area contributed by atoms with Crippen LogP contribution in [0, 0.1) is 53.7 Å². The van der Waals surface area contributed by atoms with Crippen molar-refractivity contribution >= 4 is 98.5 Å². The second-order valence-corrected chi connectivity index (χ2v) is 40.8. The molecule has 15 nitrogen and oxygen atoms in total. The number of ether oxygens (including phenoxy) is 3. The monoisotopic (exact) mass is 2190 g/mol. The van der Waals surface area contributed by atoms with Gasteiger partial charge in [-0.2, -0.15) is 10.6 Å². The molecule has 17 heteroatoms. The first kappa shape index (κ1) is 96.9. The van der Waals surface area contributed by atoms with Crippen LogP contribution in [0.25, 0.3) is 166 Å². The van der Waals surface area contributed by atoms with Crippen LogP contribution in [-0.2, 0) is 51.4 Å². The van der Waals surface area contributed by atoms with E-state index in [-0.39, 0.29) is 61.3 Å². The Kier molecular flexibility index (Phi) is 26.0. The largest absolute Gasteiger partial charge is 1.00 e. The summed E-state index contributed by atoms with van der Waals surface area (Å²) in [5.74, 6) is 6.94. The van der Waals surface area contributed by atoms with Crippen molar-refractivity contribution in [3.05, 3.63) is 433 Å². The summed E-state index contributed by atoms with van der Waals surface area (Å²) in [6, 6.07) is 124. The van der Waals surface area contributed by atoms with Gasteiger partial charge in [-0.1, -0.05) is 225 Å². The molecule has 0 N–H and O–H groups in total. The minimum atomic E-state index is -0.0270. The maximum Gasteiger partial charge on any atom is 0.249 e. The van der Waals surface area contributed by atoms with Crippen LogP contribution in [0.2, 0.25) is 0 Å². The Balaban J connectivity index is 0.000000132. The van der Waals surface area contributed by atoms with Gasteiger partial charge in [-0.25, -0.2) is 33.6 Å². The van der Waals surface area contributed by atoms with Crippen LogP contribution in [0.15, 0.2) is 371 Å². The quantitative estimate of drug-likeness (QED) is 0.0570. The van der Waals surface area contributed by atoms with Gasteiger partial charge in [-0.3, -0.25) is 13.7 Å². The van der Waals surface area contributed by atoms with Crippen LogP contribution in [0.3, 0.4) is 0 Å². The second-order valence-electron chi connectivity index (χ2n) is 40.8. The number of hydrogen-bond donors (Lipinski definition) is 0. The van der Waals surface area contributed by atoms with Gasteiger partial charge in [0.2, 0.25) is 6.33 Å². The van der Waals surface area contributed by atoms with E-state index in [9.17, 15) is 0 Å². The normalized spacial score (nSPS) is 11.8. The third kappa shape index (κ3) is 18.2. The van der Waals surface area contributed by atoms with Crippen LogP contribution in [0.5, 0.6) is 34.5 Å². The topological polar surface area (TPSA) is 118 Å². The maximum atomic E-state index is 6.82. The van der Waals surface area contributed by atoms with Gasteiger partial charge in [-0.05, 0) is 268 Å². The molecule has 145 heavy (non-hydrogen) atoms. The summed E-state index contributed by atoms with van der Waals surface area (Å²) in [5, 5.41) is 7.03. The average molecular weight is 2190 g/mol. The van der Waals surface area contributed by atoms with Crippen LogP contribution in [0.4, 0.5) is 0 Å². The Morgan fingerprint density at radius 2 is 0.724 bits per heavy atom. The van der Waals surface area contributed by atoms with Crippen LogP contribution < -0.4 is 42.8 Å². The van der Waals surface area contributed by atoms with Crippen molar-refractivity contribution in [2.24, 2.45) is 14.1 Å². The molecule has 24 aromatic rings. The number of aryl methyl sites for hydroxylation is 8. The van der Waals surface area contributed by atoms with Gasteiger partial charge in [0, 0.05) is 127 Å². The number of aromatic nitrogens is 12. The molecule has 9 heterocycles. The predicted molar refractivity (Wildman–Crippen MR) is 587 cm³/mol. The van der Waals surface area contributed by atoms with Crippen molar-refractivity contribution in [2.75, 3.05) is 0 Å². The van der Waals surface area contributed by atoms with E-state index in [1.807, 2.05) is 73.4 Å². The Bertz CT molecular complexity index is 8750. The van der Waals surface area contributed by atoms with Gasteiger partial charge < -0.3 is 42.8 Å². The SMILES string of the molecule is Cc1cccc(C)c1-c1cc(Oc2[c-]c(-n3[cH+]n(C)c4ccccc43)ccc2)[c-]c2c1c1ccccc1n2-c1cc(C(C)(C)C)ccn1.Cc1cccc(C)c1-c1cc(Oc2cccc(-n3c[n+](C)c4ccccc43)c2)cc2c1c1ccccc1n2-c1cc(C(C)(C)C)ccn1.Cc1cccc(C)c1-c1cc(Oc2cccc(-n3cnc4ccccc43)c2)cc2c1c1ccccc1n2-c1cc(C(C)(C)C)ccn1.[I-].[Pt]. The summed E-state index contributed by atoms with van der Waals surface area (Å²) in [6.45, 7) is 33.3. The van der Waals surface area contributed by atoms with Crippen molar-refractivity contribution in [3.8, 4) is 102 Å². The summed E-state index contributed by atoms with van der Waals surface area (Å²) in [5.41, 5.74) is 33.9. The first-order valence-corrected chi connectivity index (χ1v) is 49.0. The molecule has 0 aliphatic rings. The van der Waals surface area contributed by atoms with Crippen molar-refractivity contribution in [3.63, 3.8) is 0 Å². The number of imidazole rings is 3. The molecule has 0 aliphatic heterocycles. The van der Waals surface area contributed by atoms with Crippen molar-refractivity contribution in [2.45, 2.75) is 120 Å². The third-order valence-corrected chi connectivity index (χ3v) is 27.9. The smallest absolute Gasteiger partial charge is 0.249 e. The Hall–Kier alpha value is -15.6. The predicted octanol–water partition coefficient (Wildman–Crippen LogP) is 28.9. The summed E-state index contributed by atoms with van der Waals surface area (Å²) in [4.78, 5) is 19.4. The zero-order valence-corrected chi connectivity index (χ0v) is 88.9. The first-order valence-electron chi connectivity index (χ1n) is 49.0. The van der Waals surface area contributed by atoms with Crippen LogP contribution in [0.1, 0.15) is 112 Å². The van der Waals surface area contributed by atoms with E-state index < -0.39 is 0 Å². The van der Waals surface area contributed by atoms with Gasteiger partial charge in [0.1, 0.15) is 52.5 Å². The molecule has 0 amide bonds. The Morgan fingerprint density at radius 3 is 1.21 bits per heavy atom. The molecule has 0 atom stereocenters. The van der Waals surface area contributed by atoms with Gasteiger partial charge in [0.15, 0.2) is 28.4 Å². The van der Waals surface area contributed by atoms with Crippen LogP contribution in [-0.4, -0.2) is 51.9 Å². The van der Waals surface area contributed by atoms with E-state index in [1.165, 1.54) is 93.8 Å². The number of halogens is 1. The fourth-order valence-corrected chi connectivity index (χ4v) is 20.9. The van der Waals surface area contributed by atoms with E-state index in [0.29, 0.717) is 11.5 Å². The number of nitrogens with zero attached hydrogens (tertiary/aromatic N) is 12. The molecule has 0 saturated carbocycles. The van der Waals surface area contributed by atoms with E-state index in [2.05, 4.69) is 469 Å². The molecular formula is C128H112IN12O3Pt-. The van der Waals surface area contributed by atoms with Gasteiger partial charge in [0.25, 0.3) is 0 Å². The summed E-state index contributed by atoms with van der Waals surface area (Å²) in [7, 11) is 4.14. The van der Waals surface area contributed by atoms with Crippen LogP contribution >= 0.6 is 0 Å².